The fraction of sp³-hybridized carbons (Fsp3) is 0.562. The monoisotopic (exact) mass is 309 g/mol. The zero-order chi connectivity index (χ0) is 16.0. The lowest BCUT2D eigenvalue weighted by Gasteiger charge is -2.38. The predicted octanol–water partition coefficient (Wildman–Crippen LogP) is 0.893. The number of hydrogen-bond acceptors (Lipinski definition) is 5. The van der Waals surface area contributed by atoms with Gasteiger partial charge in [0.05, 0.1) is 18.3 Å². The van der Waals surface area contributed by atoms with Crippen LogP contribution in [0.4, 0.5) is 4.79 Å². The summed E-state index contributed by atoms with van der Waals surface area (Å²) in [5, 5.41) is 28.6. The number of rotatable bonds is 5. The number of likely N-dealkylation sites (tertiary alicyclic amines) is 1. The summed E-state index contributed by atoms with van der Waals surface area (Å²) in [6.45, 7) is 0.610. The summed E-state index contributed by atoms with van der Waals surface area (Å²) in [5.74, 6) is 0. The Bertz CT molecular complexity index is 471. The maximum absolute atomic E-state index is 12.0. The van der Waals surface area contributed by atoms with Crippen LogP contribution in [-0.4, -0.2) is 57.7 Å². The molecule has 3 N–H and O–H groups in total. The van der Waals surface area contributed by atoms with E-state index in [-0.39, 0.29) is 19.6 Å². The second-order valence-corrected chi connectivity index (χ2v) is 5.79. The van der Waals surface area contributed by atoms with Crippen molar-refractivity contribution in [2.24, 2.45) is 0 Å². The van der Waals surface area contributed by atoms with Gasteiger partial charge in [-0.05, 0) is 18.4 Å². The molecule has 1 heterocycles. The summed E-state index contributed by atoms with van der Waals surface area (Å²) in [5.41, 5.74) is -0.103. The molecule has 1 aliphatic heterocycles. The van der Waals surface area contributed by atoms with Crippen LogP contribution in [0.1, 0.15) is 24.8 Å². The molecule has 0 radical (unpaired) electrons. The maximum Gasteiger partial charge on any atom is 0.410 e. The molecular weight excluding hydrogens is 286 g/mol. The van der Waals surface area contributed by atoms with Gasteiger partial charge in [-0.3, -0.25) is 0 Å². The van der Waals surface area contributed by atoms with Gasteiger partial charge in [0, 0.05) is 19.5 Å². The van der Waals surface area contributed by atoms with Crippen molar-refractivity contribution < 1.29 is 24.9 Å². The first kappa shape index (κ1) is 16.7. The number of carbonyl (C=O) groups excluding carboxylic acids is 1. The first-order valence-corrected chi connectivity index (χ1v) is 7.49. The average Bonchev–Trinajstić information content (AvgIpc) is 2.54. The van der Waals surface area contributed by atoms with Gasteiger partial charge in [0.25, 0.3) is 0 Å². The van der Waals surface area contributed by atoms with Crippen LogP contribution in [0.3, 0.4) is 0 Å². The minimum Gasteiger partial charge on any atom is -0.445 e. The van der Waals surface area contributed by atoms with E-state index in [1.54, 1.807) is 4.90 Å². The van der Waals surface area contributed by atoms with Crippen LogP contribution in [0.2, 0.25) is 0 Å². The number of nitrogens with zero attached hydrogens (tertiary/aromatic N) is 1. The quantitative estimate of drug-likeness (QED) is 0.751. The summed E-state index contributed by atoms with van der Waals surface area (Å²) in [6.07, 6.45) is -0.471. The highest BCUT2D eigenvalue weighted by Crippen LogP contribution is 2.27. The van der Waals surface area contributed by atoms with Gasteiger partial charge in [-0.25, -0.2) is 4.79 Å². The molecule has 1 atom stereocenters. The van der Waals surface area contributed by atoms with E-state index in [4.69, 9.17) is 9.84 Å². The highest BCUT2D eigenvalue weighted by Gasteiger charge is 2.35. The normalized spacial score (nSPS) is 18.8. The van der Waals surface area contributed by atoms with Gasteiger partial charge >= 0.3 is 6.09 Å². The second-order valence-electron chi connectivity index (χ2n) is 5.79. The third-order valence-electron chi connectivity index (χ3n) is 3.98. The average molecular weight is 309 g/mol. The van der Waals surface area contributed by atoms with Gasteiger partial charge < -0.3 is 25.0 Å². The predicted molar refractivity (Wildman–Crippen MR) is 80.1 cm³/mol. The SMILES string of the molecule is O=C(OCc1ccccc1)N1CCC(O)(CC(O)CO)CC1. The number of piperidine rings is 1. The van der Waals surface area contributed by atoms with Crippen molar-refractivity contribution in [3.8, 4) is 0 Å². The van der Waals surface area contributed by atoms with Crippen LogP contribution in [0.15, 0.2) is 30.3 Å². The molecule has 1 amide bonds. The van der Waals surface area contributed by atoms with Crippen LogP contribution in [0.25, 0.3) is 0 Å². The number of benzene rings is 1. The Morgan fingerprint density at radius 1 is 1.27 bits per heavy atom. The minimum atomic E-state index is -1.03. The van der Waals surface area contributed by atoms with E-state index in [1.807, 2.05) is 30.3 Å². The Labute approximate surface area is 129 Å². The van der Waals surface area contributed by atoms with Gasteiger partial charge in [0.1, 0.15) is 6.61 Å². The van der Waals surface area contributed by atoms with Crippen LogP contribution in [0, 0.1) is 0 Å². The van der Waals surface area contributed by atoms with Gasteiger partial charge in [0.15, 0.2) is 0 Å². The molecule has 0 aromatic heterocycles. The Hall–Kier alpha value is -1.63. The molecule has 1 unspecified atom stereocenters. The molecular formula is C16H23NO5. The molecule has 6 nitrogen and oxygen atoms in total. The van der Waals surface area contributed by atoms with E-state index in [9.17, 15) is 15.0 Å². The largest absolute Gasteiger partial charge is 0.445 e. The van der Waals surface area contributed by atoms with Gasteiger partial charge in [-0.2, -0.15) is 0 Å². The molecule has 0 aliphatic carbocycles. The molecule has 0 bridgehead atoms. The summed E-state index contributed by atoms with van der Waals surface area (Å²) >= 11 is 0. The number of aliphatic hydroxyl groups excluding tert-OH is 2. The fourth-order valence-electron chi connectivity index (χ4n) is 2.62. The first-order valence-electron chi connectivity index (χ1n) is 7.49. The maximum atomic E-state index is 12.0. The van der Waals surface area contributed by atoms with E-state index in [1.165, 1.54) is 0 Å². The molecule has 122 valence electrons. The molecule has 1 aliphatic rings. The third kappa shape index (κ3) is 4.69. The van der Waals surface area contributed by atoms with Crippen molar-refractivity contribution in [3.05, 3.63) is 35.9 Å². The summed E-state index contributed by atoms with van der Waals surface area (Å²) in [7, 11) is 0. The van der Waals surface area contributed by atoms with E-state index >= 15 is 0 Å². The van der Waals surface area contributed by atoms with Gasteiger partial charge in [0.2, 0.25) is 0 Å². The van der Waals surface area contributed by atoms with Crippen LogP contribution in [0.5, 0.6) is 0 Å². The topological polar surface area (TPSA) is 90.2 Å². The Morgan fingerprint density at radius 2 is 1.91 bits per heavy atom. The molecule has 22 heavy (non-hydrogen) atoms. The van der Waals surface area contributed by atoms with Crippen molar-refractivity contribution in [2.45, 2.75) is 37.6 Å². The molecule has 0 spiro atoms. The number of ether oxygens (including phenoxy) is 1. The third-order valence-corrected chi connectivity index (χ3v) is 3.98. The Kier molecular flexibility index (Phi) is 5.76. The minimum absolute atomic E-state index is 0.121. The van der Waals surface area contributed by atoms with Crippen LogP contribution in [-0.2, 0) is 11.3 Å². The molecule has 1 fully saturated rings. The molecule has 2 rings (SSSR count). The lowest BCUT2D eigenvalue weighted by atomic mass is 9.86. The Balaban J connectivity index is 1.77. The van der Waals surface area contributed by atoms with E-state index < -0.39 is 17.8 Å². The lowest BCUT2D eigenvalue weighted by Crippen LogP contribution is -2.48. The van der Waals surface area contributed by atoms with Gasteiger partial charge in [-0.15, -0.1) is 0 Å². The van der Waals surface area contributed by atoms with Crippen molar-refractivity contribution in [2.75, 3.05) is 19.7 Å². The van der Waals surface area contributed by atoms with E-state index in [0.29, 0.717) is 25.9 Å². The van der Waals surface area contributed by atoms with Crippen molar-refractivity contribution in [3.63, 3.8) is 0 Å². The molecule has 6 heteroatoms. The van der Waals surface area contributed by atoms with Gasteiger partial charge in [-0.1, -0.05) is 30.3 Å². The molecule has 1 aromatic carbocycles. The Morgan fingerprint density at radius 3 is 2.50 bits per heavy atom. The summed E-state index contributed by atoms with van der Waals surface area (Å²) in [6, 6.07) is 9.45. The number of aliphatic hydroxyl groups is 3. The summed E-state index contributed by atoms with van der Waals surface area (Å²) < 4.78 is 5.25. The smallest absolute Gasteiger partial charge is 0.410 e. The molecule has 0 saturated carbocycles. The number of hydrogen-bond donors (Lipinski definition) is 3. The van der Waals surface area contributed by atoms with E-state index in [2.05, 4.69) is 0 Å². The zero-order valence-corrected chi connectivity index (χ0v) is 12.5. The van der Waals surface area contributed by atoms with Crippen molar-refractivity contribution in [1.82, 2.24) is 4.90 Å². The zero-order valence-electron chi connectivity index (χ0n) is 12.5. The van der Waals surface area contributed by atoms with Crippen LogP contribution >= 0.6 is 0 Å². The van der Waals surface area contributed by atoms with E-state index in [0.717, 1.165) is 5.56 Å². The highest BCUT2D eigenvalue weighted by molar-refractivity contribution is 5.67. The molecule has 1 saturated heterocycles. The summed E-state index contributed by atoms with van der Waals surface area (Å²) in [4.78, 5) is 13.6. The first-order chi connectivity index (χ1) is 10.5. The standard InChI is InChI=1S/C16H23NO5/c18-11-14(19)10-16(21)6-8-17(9-7-16)15(20)22-12-13-4-2-1-3-5-13/h1-5,14,18-19,21H,6-12H2. The number of amides is 1. The fourth-order valence-corrected chi connectivity index (χ4v) is 2.62. The van der Waals surface area contributed by atoms with Crippen molar-refractivity contribution >= 4 is 6.09 Å². The lowest BCUT2D eigenvalue weighted by molar-refractivity contribution is -0.0615. The highest BCUT2D eigenvalue weighted by atomic mass is 16.6. The number of carbonyl (C=O) groups is 1. The van der Waals surface area contributed by atoms with Crippen molar-refractivity contribution in [1.29, 1.82) is 0 Å². The second kappa shape index (κ2) is 7.58. The van der Waals surface area contributed by atoms with Crippen LogP contribution < -0.4 is 0 Å². The molecule has 1 aromatic rings.